The quantitative estimate of drug-likeness (QED) is 0.323. The van der Waals surface area contributed by atoms with Crippen LogP contribution in [-0.2, 0) is 6.61 Å². The summed E-state index contributed by atoms with van der Waals surface area (Å²) in [5.74, 6) is 1.40. The van der Waals surface area contributed by atoms with Crippen molar-refractivity contribution in [3.63, 3.8) is 0 Å². The van der Waals surface area contributed by atoms with E-state index in [1.54, 1.807) is 42.5 Å². The number of ether oxygens (including phenoxy) is 4. The molecule has 0 unspecified atom stereocenters. The van der Waals surface area contributed by atoms with E-state index >= 15 is 0 Å². The van der Waals surface area contributed by atoms with Crippen LogP contribution in [0.5, 0.6) is 23.0 Å². The average Bonchev–Trinajstić information content (AvgIpc) is 2.83. The van der Waals surface area contributed by atoms with Crippen molar-refractivity contribution < 1.29 is 23.7 Å². The number of nitrogens with one attached hydrogen (secondary N) is 1. The standard InChI is InChI=1S/C24H22Cl2N2O5/c1-30-19-10-17(11-20(12-19)31-2)24(29)28-27-13-16-8-21(26)23(22(9-16)32-3)33-14-15-4-6-18(25)7-5-15/h4-13H,14H2,1-3H3,(H,28,29)/b27-13-. The molecule has 3 rings (SSSR count). The molecule has 0 spiro atoms. The summed E-state index contributed by atoms with van der Waals surface area (Å²) in [4.78, 5) is 12.4. The first-order valence-electron chi connectivity index (χ1n) is 9.74. The number of rotatable bonds is 9. The number of carbonyl (C=O) groups is 1. The summed E-state index contributed by atoms with van der Waals surface area (Å²) in [6.45, 7) is 0.292. The third-order valence-electron chi connectivity index (χ3n) is 4.54. The number of carbonyl (C=O) groups excluding carboxylic acids is 1. The maximum absolute atomic E-state index is 12.4. The molecule has 0 aromatic heterocycles. The number of methoxy groups -OCH3 is 3. The van der Waals surface area contributed by atoms with Gasteiger partial charge in [0, 0.05) is 16.7 Å². The Morgan fingerprint density at radius 1 is 0.939 bits per heavy atom. The molecule has 33 heavy (non-hydrogen) atoms. The highest BCUT2D eigenvalue weighted by molar-refractivity contribution is 6.32. The summed E-state index contributed by atoms with van der Waals surface area (Å²) in [5.41, 5.74) is 4.35. The van der Waals surface area contributed by atoms with Crippen molar-refractivity contribution in [3.05, 3.63) is 81.3 Å². The van der Waals surface area contributed by atoms with Crippen LogP contribution in [0.2, 0.25) is 10.0 Å². The Labute approximate surface area is 201 Å². The minimum Gasteiger partial charge on any atom is -0.497 e. The number of hydrazone groups is 1. The van der Waals surface area contributed by atoms with E-state index in [0.29, 0.717) is 50.8 Å². The number of amides is 1. The monoisotopic (exact) mass is 488 g/mol. The third kappa shape index (κ3) is 6.54. The summed E-state index contributed by atoms with van der Waals surface area (Å²) in [6.07, 6.45) is 1.45. The van der Waals surface area contributed by atoms with Crippen LogP contribution in [0.4, 0.5) is 0 Å². The lowest BCUT2D eigenvalue weighted by molar-refractivity contribution is 0.0954. The number of nitrogens with zero attached hydrogens (tertiary/aromatic N) is 1. The van der Waals surface area contributed by atoms with Gasteiger partial charge in [-0.25, -0.2) is 5.43 Å². The molecule has 0 fully saturated rings. The predicted molar refractivity (Wildman–Crippen MR) is 128 cm³/mol. The van der Waals surface area contributed by atoms with Crippen molar-refractivity contribution >= 4 is 35.3 Å². The number of hydrogen-bond acceptors (Lipinski definition) is 6. The van der Waals surface area contributed by atoms with E-state index in [0.717, 1.165) is 5.56 Å². The second-order valence-corrected chi connectivity index (χ2v) is 7.59. The predicted octanol–water partition coefficient (Wildman–Crippen LogP) is 5.36. The number of benzene rings is 3. The van der Waals surface area contributed by atoms with Crippen molar-refractivity contribution in [2.24, 2.45) is 5.10 Å². The Hall–Kier alpha value is -3.42. The zero-order valence-corrected chi connectivity index (χ0v) is 19.7. The van der Waals surface area contributed by atoms with Crippen LogP contribution in [0.3, 0.4) is 0 Å². The highest BCUT2D eigenvalue weighted by Crippen LogP contribution is 2.36. The molecular formula is C24H22Cl2N2O5. The Kier molecular flexibility index (Phi) is 8.40. The molecule has 0 saturated carbocycles. The molecule has 0 aliphatic heterocycles. The molecule has 0 atom stereocenters. The molecule has 7 nitrogen and oxygen atoms in total. The van der Waals surface area contributed by atoms with Gasteiger partial charge in [0.15, 0.2) is 11.5 Å². The maximum Gasteiger partial charge on any atom is 0.271 e. The van der Waals surface area contributed by atoms with Crippen molar-refractivity contribution in [2.45, 2.75) is 6.61 Å². The lowest BCUT2D eigenvalue weighted by atomic mass is 10.2. The topological polar surface area (TPSA) is 78.4 Å². The normalized spacial score (nSPS) is 10.7. The SMILES string of the molecule is COc1cc(OC)cc(C(=O)N/N=C\c2cc(Cl)c(OCc3ccc(Cl)cc3)c(OC)c2)c1. The van der Waals surface area contributed by atoms with E-state index in [1.807, 2.05) is 12.1 Å². The first kappa shape index (κ1) is 24.2. The molecule has 1 N–H and O–H groups in total. The van der Waals surface area contributed by atoms with Crippen LogP contribution < -0.4 is 24.4 Å². The zero-order valence-electron chi connectivity index (χ0n) is 18.2. The van der Waals surface area contributed by atoms with Gasteiger partial charge >= 0.3 is 0 Å². The molecule has 0 heterocycles. The summed E-state index contributed by atoms with van der Waals surface area (Å²) >= 11 is 12.3. The van der Waals surface area contributed by atoms with E-state index in [1.165, 1.54) is 27.5 Å². The first-order chi connectivity index (χ1) is 15.9. The van der Waals surface area contributed by atoms with Gasteiger partial charge in [-0.1, -0.05) is 35.3 Å². The van der Waals surface area contributed by atoms with Gasteiger partial charge in [0.05, 0.1) is 32.6 Å². The largest absolute Gasteiger partial charge is 0.497 e. The van der Waals surface area contributed by atoms with E-state index in [-0.39, 0.29) is 0 Å². The second kappa shape index (κ2) is 11.4. The van der Waals surface area contributed by atoms with Crippen LogP contribution >= 0.6 is 23.2 Å². The van der Waals surface area contributed by atoms with Gasteiger partial charge in [0.25, 0.3) is 5.91 Å². The third-order valence-corrected chi connectivity index (χ3v) is 5.07. The van der Waals surface area contributed by atoms with Crippen molar-refractivity contribution in [1.82, 2.24) is 5.43 Å². The molecule has 9 heteroatoms. The fraction of sp³-hybridized carbons (Fsp3) is 0.167. The van der Waals surface area contributed by atoms with Crippen LogP contribution in [0.25, 0.3) is 0 Å². The maximum atomic E-state index is 12.4. The fourth-order valence-electron chi connectivity index (χ4n) is 2.86. The number of halogens is 2. The van der Waals surface area contributed by atoms with Gasteiger partial charge < -0.3 is 18.9 Å². The van der Waals surface area contributed by atoms with Gasteiger partial charge in [-0.3, -0.25) is 4.79 Å². The highest BCUT2D eigenvalue weighted by Gasteiger charge is 2.13. The van der Waals surface area contributed by atoms with Crippen LogP contribution in [0, 0.1) is 0 Å². The van der Waals surface area contributed by atoms with Crippen LogP contribution in [0.15, 0.2) is 59.7 Å². The molecule has 1 amide bonds. The summed E-state index contributed by atoms with van der Waals surface area (Å²) in [7, 11) is 4.53. The van der Waals surface area contributed by atoms with E-state index in [4.69, 9.17) is 42.1 Å². The summed E-state index contributed by atoms with van der Waals surface area (Å²) in [6, 6.07) is 15.5. The minimum absolute atomic E-state index is 0.292. The summed E-state index contributed by atoms with van der Waals surface area (Å²) < 4.78 is 21.6. The van der Waals surface area contributed by atoms with Crippen molar-refractivity contribution in [3.8, 4) is 23.0 Å². The molecule has 0 radical (unpaired) electrons. The van der Waals surface area contributed by atoms with Gasteiger partial charge in [0.2, 0.25) is 0 Å². The number of hydrogen-bond donors (Lipinski definition) is 1. The van der Waals surface area contributed by atoms with Gasteiger partial charge in [-0.2, -0.15) is 5.10 Å². The molecular weight excluding hydrogens is 467 g/mol. The molecule has 172 valence electrons. The Bertz CT molecular complexity index is 1130. The lowest BCUT2D eigenvalue weighted by Gasteiger charge is -2.13. The van der Waals surface area contributed by atoms with E-state index < -0.39 is 5.91 Å². The molecule has 0 aliphatic carbocycles. The fourth-order valence-corrected chi connectivity index (χ4v) is 3.26. The van der Waals surface area contributed by atoms with Crippen molar-refractivity contribution in [2.75, 3.05) is 21.3 Å². The molecule has 3 aromatic carbocycles. The van der Waals surface area contributed by atoms with Gasteiger partial charge in [-0.05, 0) is 47.5 Å². The Balaban J connectivity index is 1.70. The zero-order chi connectivity index (χ0) is 23.8. The first-order valence-corrected chi connectivity index (χ1v) is 10.5. The highest BCUT2D eigenvalue weighted by atomic mass is 35.5. The summed E-state index contributed by atoms with van der Waals surface area (Å²) in [5, 5.41) is 4.99. The average molecular weight is 489 g/mol. The molecule has 0 aliphatic rings. The Morgan fingerprint density at radius 2 is 1.61 bits per heavy atom. The Morgan fingerprint density at radius 3 is 2.21 bits per heavy atom. The minimum atomic E-state index is -0.426. The van der Waals surface area contributed by atoms with Crippen LogP contribution in [0.1, 0.15) is 21.5 Å². The molecule has 3 aromatic rings. The van der Waals surface area contributed by atoms with Crippen molar-refractivity contribution in [1.29, 1.82) is 0 Å². The van der Waals surface area contributed by atoms with Crippen LogP contribution in [-0.4, -0.2) is 33.5 Å². The lowest BCUT2D eigenvalue weighted by Crippen LogP contribution is -2.17. The molecule has 0 saturated heterocycles. The van der Waals surface area contributed by atoms with Gasteiger partial charge in [-0.15, -0.1) is 0 Å². The smallest absolute Gasteiger partial charge is 0.271 e. The van der Waals surface area contributed by atoms with Gasteiger partial charge in [0.1, 0.15) is 18.1 Å². The molecule has 0 bridgehead atoms. The van der Waals surface area contributed by atoms with E-state index in [2.05, 4.69) is 10.5 Å². The second-order valence-electron chi connectivity index (χ2n) is 6.75. The van der Waals surface area contributed by atoms with E-state index in [9.17, 15) is 4.79 Å².